The first kappa shape index (κ1) is 15.8. The Morgan fingerprint density at radius 3 is 2.05 bits per heavy atom. The topological polar surface area (TPSA) is 41.1 Å². The summed E-state index contributed by atoms with van der Waals surface area (Å²) in [6, 6.07) is 0.821. The highest BCUT2D eigenvalue weighted by molar-refractivity contribution is 5.81. The van der Waals surface area contributed by atoms with Crippen LogP contribution in [0, 0.1) is 5.92 Å². The summed E-state index contributed by atoms with van der Waals surface area (Å²) in [4.78, 5) is 12.3. The van der Waals surface area contributed by atoms with E-state index in [0.29, 0.717) is 12.1 Å². The van der Waals surface area contributed by atoms with Crippen LogP contribution >= 0.6 is 0 Å². The summed E-state index contributed by atoms with van der Waals surface area (Å²) in [5, 5.41) is 6.75. The highest BCUT2D eigenvalue weighted by Crippen LogP contribution is 2.26. The third kappa shape index (κ3) is 4.76. The Bertz CT molecular complexity index is 293. The standard InChI is InChI=1S/C17H32N2O/c1-13(15-9-5-3-6-10-15)18-14(2)17(20)19-16-11-7-4-8-12-16/h13-16,18H,3-12H2,1-2H3,(H,19,20). The molecule has 2 N–H and O–H groups in total. The van der Waals surface area contributed by atoms with Crippen molar-refractivity contribution >= 4 is 5.91 Å². The van der Waals surface area contributed by atoms with Crippen LogP contribution in [0.3, 0.4) is 0 Å². The van der Waals surface area contributed by atoms with Crippen molar-refractivity contribution in [3.63, 3.8) is 0 Å². The van der Waals surface area contributed by atoms with E-state index in [0.717, 1.165) is 18.8 Å². The van der Waals surface area contributed by atoms with Gasteiger partial charge in [0.15, 0.2) is 0 Å². The fourth-order valence-electron chi connectivity index (χ4n) is 3.81. The zero-order chi connectivity index (χ0) is 14.4. The molecular formula is C17H32N2O. The first-order valence-corrected chi connectivity index (χ1v) is 8.73. The maximum Gasteiger partial charge on any atom is 0.237 e. The zero-order valence-electron chi connectivity index (χ0n) is 13.3. The van der Waals surface area contributed by atoms with E-state index in [9.17, 15) is 4.79 Å². The van der Waals surface area contributed by atoms with Crippen molar-refractivity contribution in [3.8, 4) is 0 Å². The minimum atomic E-state index is -0.0612. The largest absolute Gasteiger partial charge is 0.352 e. The molecule has 116 valence electrons. The summed E-state index contributed by atoms with van der Waals surface area (Å²) in [6.07, 6.45) is 13.0. The molecule has 0 aliphatic heterocycles. The van der Waals surface area contributed by atoms with Gasteiger partial charge in [0.1, 0.15) is 0 Å². The second-order valence-corrected chi connectivity index (χ2v) is 6.92. The van der Waals surface area contributed by atoms with Gasteiger partial charge < -0.3 is 10.6 Å². The lowest BCUT2D eigenvalue weighted by molar-refractivity contribution is -0.124. The van der Waals surface area contributed by atoms with E-state index in [-0.39, 0.29) is 11.9 Å². The number of hydrogen-bond acceptors (Lipinski definition) is 2. The molecule has 2 saturated carbocycles. The molecule has 1 amide bonds. The lowest BCUT2D eigenvalue weighted by Crippen LogP contribution is -2.50. The van der Waals surface area contributed by atoms with Crippen LogP contribution < -0.4 is 10.6 Å². The molecule has 0 aromatic rings. The van der Waals surface area contributed by atoms with Gasteiger partial charge in [0, 0.05) is 12.1 Å². The predicted molar refractivity (Wildman–Crippen MR) is 83.7 cm³/mol. The van der Waals surface area contributed by atoms with E-state index < -0.39 is 0 Å². The molecular weight excluding hydrogens is 248 g/mol. The quantitative estimate of drug-likeness (QED) is 0.810. The van der Waals surface area contributed by atoms with Gasteiger partial charge in [-0.3, -0.25) is 4.79 Å². The summed E-state index contributed by atoms with van der Waals surface area (Å²) in [6.45, 7) is 4.26. The van der Waals surface area contributed by atoms with Crippen LogP contribution in [-0.2, 0) is 4.79 Å². The molecule has 0 bridgehead atoms. The molecule has 2 atom stereocenters. The Labute approximate surface area is 124 Å². The highest BCUT2D eigenvalue weighted by Gasteiger charge is 2.24. The van der Waals surface area contributed by atoms with Gasteiger partial charge in [0.05, 0.1) is 6.04 Å². The summed E-state index contributed by atoms with van der Waals surface area (Å²) < 4.78 is 0. The normalized spacial score (nSPS) is 25.1. The maximum atomic E-state index is 12.3. The average Bonchev–Trinajstić information content (AvgIpc) is 2.49. The van der Waals surface area contributed by atoms with Crippen molar-refractivity contribution in [2.75, 3.05) is 0 Å². The van der Waals surface area contributed by atoms with Gasteiger partial charge >= 0.3 is 0 Å². The van der Waals surface area contributed by atoms with Crippen molar-refractivity contribution in [3.05, 3.63) is 0 Å². The number of carbonyl (C=O) groups is 1. The van der Waals surface area contributed by atoms with E-state index >= 15 is 0 Å². The molecule has 0 saturated heterocycles. The van der Waals surface area contributed by atoms with Gasteiger partial charge in [-0.25, -0.2) is 0 Å². The lowest BCUT2D eigenvalue weighted by Gasteiger charge is -2.31. The molecule has 0 radical (unpaired) electrons. The minimum absolute atomic E-state index is 0.0612. The van der Waals surface area contributed by atoms with Crippen LogP contribution in [0.5, 0.6) is 0 Å². The van der Waals surface area contributed by atoms with Gasteiger partial charge in [0.2, 0.25) is 5.91 Å². The highest BCUT2D eigenvalue weighted by atomic mass is 16.2. The Balaban J connectivity index is 1.71. The van der Waals surface area contributed by atoms with Crippen LogP contribution in [0.15, 0.2) is 0 Å². The molecule has 0 spiro atoms. The number of carbonyl (C=O) groups excluding carboxylic acids is 1. The SMILES string of the molecule is CC(NC(C)C1CCCCC1)C(=O)NC1CCCCC1. The molecule has 2 rings (SSSR count). The molecule has 0 aromatic heterocycles. The van der Waals surface area contributed by atoms with E-state index in [1.807, 2.05) is 6.92 Å². The first-order chi connectivity index (χ1) is 9.66. The van der Waals surface area contributed by atoms with Crippen LogP contribution in [-0.4, -0.2) is 24.0 Å². The van der Waals surface area contributed by atoms with Crippen molar-refractivity contribution in [2.45, 2.75) is 96.2 Å². The van der Waals surface area contributed by atoms with Gasteiger partial charge in [0.25, 0.3) is 0 Å². The fraction of sp³-hybridized carbons (Fsp3) is 0.941. The number of hydrogen-bond donors (Lipinski definition) is 2. The number of nitrogens with one attached hydrogen (secondary N) is 2. The van der Waals surface area contributed by atoms with Crippen molar-refractivity contribution in [1.29, 1.82) is 0 Å². The monoisotopic (exact) mass is 280 g/mol. The van der Waals surface area contributed by atoms with Gasteiger partial charge in [-0.15, -0.1) is 0 Å². The van der Waals surface area contributed by atoms with E-state index in [1.165, 1.54) is 51.4 Å². The molecule has 2 unspecified atom stereocenters. The van der Waals surface area contributed by atoms with Crippen molar-refractivity contribution < 1.29 is 4.79 Å². The average molecular weight is 280 g/mol. The van der Waals surface area contributed by atoms with Crippen LogP contribution in [0.25, 0.3) is 0 Å². The van der Waals surface area contributed by atoms with E-state index in [2.05, 4.69) is 17.6 Å². The molecule has 3 nitrogen and oxygen atoms in total. The number of amides is 1. The third-order valence-corrected chi connectivity index (χ3v) is 5.21. The maximum absolute atomic E-state index is 12.3. The Kier molecular flexibility index (Phi) is 6.34. The summed E-state index contributed by atoms with van der Waals surface area (Å²) in [5.74, 6) is 0.952. The Morgan fingerprint density at radius 2 is 1.45 bits per heavy atom. The first-order valence-electron chi connectivity index (χ1n) is 8.73. The smallest absolute Gasteiger partial charge is 0.237 e. The Morgan fingerprint density at radius 1 is 0.900 bits per heavy atom. The Hall–Kier alpha value is -0.570. The minimum Gasteiger partial charge on any atom is -0.352 e. The molecule has 0 heterocycles. The second kappa shape index (κ2) is 8.02. The molecule has 20 heavy (non-hydrogen) atoms. The molecule has 2 aliphatic rings. The summed E-state index contributed by atoms with van der Waals surface area (Å²) in [7, 11) is 0. The third-order valence-electron chi connectivity index (χ3n) is 5.21. The van der Waals surface area contributed by atoms with Crippen molar-refractivity contribution in [2.24, 2.45) is 5.92 Å². The van der Waals surface area contributed by atoms with E-state index in [1.54, 1.807) is 0 Å². The zero-order valence-corrected chi connectivity index (χ0v) is 13.3. The summed E-state index contributed by atoms with van der Waals surface area (Å²) >= 11 is 0. The number of rotatable bonds is 5. The van der Waals surface area contributed by atoms with Crippen molar-refractivity contribution in [1.82, 2.24) is 10.6 Å². The molecule has 0 aromatic carbocycles. The molecule has 2 fully saturated rings. The van der Waals surface area contributed by atoms with Crippen LogP contribution in [0.2, 0.25) is 0 Å². The lowest BCUT2D eigenvalue weighted by atomic mass is 9.84. The molecule has 2 aliphatic carbocycles. The van der Waals surface area contributed by atoms with Crippen LogP contribution in [0.4, 0.5) is 0 Å². The second-order valence-electron chi connectivity index (χ2n) is 6.92. The fourth-order valence-corrected chi connectivity index (χ4v) is 3.81. The van der Waals surface area contributed by atoms with E-state index in [4.69, 9.17) is 0 Å². The summed E-state index contributed by atoms with van der Waals surface area (Å²) in [5.41, 5.74) is 0. The van der Waals surface area contributed by atoms with Gasteiger partial charge in [-0.2, -0.15) is 0 Å². The van der Waals surface area contributed by atoms with Gasteiger partial charge in [-0.05, 0) is 45.4 Å². The molecule has 3 heteroatoms. The van der Waals surface area contributed by atoms with Gasteiger partial charge in [-0.1, -0.05) is 38.5 Å². The predicted octanol–water partition coefficient (Wildman–Crippen LogP) is 3.38. The van der Waals surface area contributed by atoms with Crippen LogP contribution in [0.1, 0.15) is 78.1 Å².